The Morgan fingerprint density at radius 1 is 1.43 bits per heavy atom. The Hall–Kier alpha value is -2.08. The molecule has 2 rings (SSSR count). The molecule has 23 heavy (non-hydrogen) atoms. The third kappa shape index (κ3) is 4.69. The third-order valence-electron chi connectivity index (χ3n) is 3.77. The van der Waals surface area contributed by atoms with Crippen LogP contribution in [0.15, 0.2) is 18.2 Å². The first-order chi connectivity index (χ1) is 11.2. The van der Waals surface area contributed by atoms with Gasteiger partial charge < -0.3 is 19.7 Å². The molecule has 0 aliphatic carbocycles. The van der Waals surface area contributed by atoms with E-state index >= 15 is 0 Å². The van der Waals surface area contributed by atoms with Gasteiger partial charge in [-0.2, -0.15) is 0 Å². The van der Waals surface area contributed by atoms with Gasteiger partial charge in [0.1, 0.15) is 5.75 Å². The fourth-order valence-corrected chi connectivity index (χ4v) is 2.40. The zero-order chi connectivity index (χ0) is 16.7. The SMILES string of the molecule is CCCCNC(=O)c1ccc2c(c1)CN(CCOC)C(=O)CO2. The summed E-state index contributed by atoms with van der Waals surface area (Å²) < 4.78 is 10.6. The molecule has 0 fully saturated rings. The van der Waals surface area contributed by atoms with Crippen LogP contribution < -0.4 is 10.1 Å². The molecule has 0 aromatic heterocycles. The maximum absolute atomic E-state index is 12.2. The van der Waals surface area contributed by atoms with Crippen LogP contribution in [-0.4, -0.2) is 50.1 Å². The maximum atomic E-state index is 12.2. The van der Waals surface area contributed by atoms with Crippen molar-refractivity contribution >= 4 is 11.8 Å². The molecule has 0 saturated carbocycles. The number of carbonyl (C=O) groups excluding carboxylic acids is 2. The second-order valence-corrected chi connectivity index (χ2v) is 5.53. The Labute approximate surface area is 136 Å². The number of fused-ring (bicyclic) bond motifs is 1. The summed E-state index contributed by atoms with van der Waals surface area (Å²) in [5.74, 6) is 0.482. The third-order valence-corrected chi connectivity index (χ3v) is 3.77. The summed E-state index contributed by atoms with van der Waals surface area (Å²) in [5.41, 5.74) is 1.43. The highest BCUT2D eigenvalue weighted by Crippen LogP contribution is 2.24. The van der Waals surface area contributed by atoms with Crippen molar-refractivity contribution in [2.24, 2.45) is 0 Å². The van der Waals surface area contributed by atoms with Crippen molar-refractivity contribution in [1.29, 1.82) is 0 Å². The van der Waals surface area contributed by atoms with E-state index in [0.29, 0.717) is 37.6 Å². The Morgan fingerprint density at radius 3 is 3.00 bits per heavy atom. The molecule has 0 bridgehead atoms. The second kappa shape index (κ2) is 8.53. The Bertz CT molecular complexity index is 560. The van der Waals surface area contributed by atoms with Crippen LogP contribution >= 0.6 is 0 Å². The summed E-state index contributed by atoms with van der Waals surface area (Å²) in [6.45, 7) is 4.16. The summed E-state index contributed by atoms with van der Waals surface area (Å²) in [7, 11) is 1.60. The minimum atomic E-state index is -0.0970. The number of nitrogens with one attached hydrogen (secondary N) is 1. The lowest BCUT2D eigenvalue weighted by molar-refractivity contribution is -0.133. The van der Waals surface area contributed by atoms with Crippen LogP contribution in [0.3, 0.4) is 0 Å². The number of hydrogen-bond donors (Lipinski definition) is 1. The molecule has 0 spiro atoms. The van der Waals surface area contributed by atoms with Gasteiger partial charge in [-0.15, -0.1) is 0 Å². The molecular formula is C17H24N2O4. The average Bonchev–Trinajstić information content (AvgIpc) is 2.71. The van der Waals surface area contributed by atoms with Crippen LogP contribution in [-0.2, 0) is 16.1 Å². The van der Waals surface area contributed by atoms with E-state index in [-0.39, 0.29) is 18.4 Å². The van der Waals surface area contributed by atoms with Crippen molar-refractivity contribution in [2.75, 3.05) is 33.4 Å². The molecule has 1 aromatic rings. The van der Waals surface area contributed by atoms with Crippen molar-refractivity contribution in [2.45, 2.75) is 26.3 Å². The molecule has 0 saturated heterocycles. The second-order valence-electron chi connectivity index (χ2n) is 5.53. The van der Waals surface area contributed by atoms with Crippen LogP contribution in [0.1, 0.15) is 35.7 Å². The first kappa shape index (κ1) is 17.3. The van der Waals surface area contributed by atoms with E-state index in [1.165, 1.54) is 0 Å². The lowest BCUT2D eigenvalue weighted by Crippen LogP contribution is -2.34. The van der Waals surface area contributed by atoms with Gasteiger partial charge >= 0.3 is 0 Å². The first-order valence-corrected chi connectivity index (χ1v) is 7.96. The summed E-state index contributed by atoms with van der Waals surface area (Å²) in [6, 6.07) is 5.29. The minimum absolute atomic E-state index is 0.0127. The van der Waals surface area contributed by atoms with E-state index in [1.54, 1.807) is 30.2 Å². The Kier molecular flexibility index (Phi) is 6.40. The van der Waals surface area contributed by atoms with Gasteiger partial charge in [0.25, 0.3) is 11.8 Å². The van der Waals surface area contributed by atoms with Crippen molar-refractivity contribution < 1.29 is 19.1 Å². The summed E-state index contributed by atoms with van der Waals surface area (Å²) in [6.07, 6.45) is 1.99. The van der Waals surface area contributed by atoms with Crippen LogP contribution in [0.2, 0.25) is 0 Å². The smallest absolute Gasteiger partial charge is 0.260 e. The van der Waals surface area contributed by atoms with Gasteiger partial charge in [0.15, 0.2) is 6.61 Å². The lowest BCUT2D eigenvalue weighted by atomic mass is 10.1. The maximum Gasteiger partial charge on any atom is 0.260 e. The number of ether oxygens (including phenoxy) is 2. The van der Waals surface area contributed by atoms with Gasteiger partial charge in [-0.1, -0.05) is 13.3 Å². The number of hydrogen-bond acceptors (Lipinski definition) is 4. The molecule has 6 nitrogen and oxygen atoms in total. The highest BCUT2D eigenvalue weighted by Gasteiger charge is 2.22. The summed E-state index contributed by atoms with van der Waals surface area (Å²) in [4.78, 5) is 25.9. The summed E-state index contributed by atoms with van der Waals surface area (Å²) in [5, 5.41) is 2.90. The Morgan fingerprint density at radius 2 is 2.26 bits per heavy atom. The van der Waals surface area contributed by atoms with E-state index in [4.69, 9.17) is 9.47 Å². The quantitative estimate of drug-likeness (QED) is 0.775. The van der Waals surface area contributed by atoms with E-state index in [9.17, 15) is 9.59 Å². The van der Waals surface area contributed by atoms with E-state index in [1.807, 2.05) is 0 Å². The fourth-order valence-electron chi connectivity index (χ4n) is 2.40. The predicted molar refractivity (Wildman–Crippen MR) is 86.5 cm³/mol. The molecule has 1 N–H and O–H groups in total. The molecular weight excluding hydrogens is 296 g/mol. The first-order valence-electron chi connectivity index (χ1n) is 7.96. The van der Waals surface area contributed by atoms with E-state index in [0.717, 1.165) is 18.4 Å². The van der Waals surface area contributed by atoms with Crippen LogP contribution in [0.4, 0.5) is 0 Å². The summed E-state index contributed by atoms with van der Waals surface area (Å²) >= 11 is 0. The largest absolute Gasteiger partial charge is 0.483 e. The number of rotatable bonds is 7. The Balaban J connectivity index is 2.11. The molecule has 0 atom stereocenters. The van der Waals surface area contributed by atoms with Gasteiger partial charge in [-0.05, 0) is 24.6 Å². The monoisotopic (exact) mass is 320 g/mol. The van der Waals surface area contributed by atoms with Crippen LogP contribution in [0.5, 0.6) is 5.75 Å². The molecule has 0 unspecified atom stereocenters. The lowest BCUT2D eigenvalue weighted by Gasteiger charge is -2.19. The van der Waals surface area contributed by atoms with Gasteiger partial charge in [0.05, 0.1) is 6.61 Å². The van der Waals surface area contributed by atoms with Crippen LogP contribution in [0.25, 0.3) is 0 Å². The predicted octanol–water partition coefficient (Wildman–Crippen LogP) is 1.58. The minimum Gasteiger partial charge on any atom is -0.483 e. The molecule has 1 heterocycles. The molecule has 2 amide bonds. The van der Waals surface area contributed by atoms with Gasteiger partial charge in [0.2, 0.25) is 0 Å². The van der Waals surface area contributed by atoms with Crippen molar-refractivity contribution in [3.63, 3.8) is 0 Å². The van der Waals surface area contributed by atoms with Gasteiger partial charge in [-0.25, -0.2) is 0 Å². The van der Waals surface area contributed by atoms with E-state index in [2.05, 4.69) is 12.2 Å². The van der Waals surface area contributed by atoms with Gasteiger partial charge in [0, 0.05) is 37.9 Å². The number of nitrogens with zero attached hydrogens (tertiary/aromatic N) is 1. The van der Waals surface area contributed by atoms with Crippen molar-refractivity contribution in [3.05, 3.63) is 29.3 Å². The van der Waals surface area contributed by atoms with Crippen LogP contribution in [0, 0.1) is 0 Å². The number of methoxy groups -OCH3 is 1. The number of benzene rings is 1. The molecule has 0 radical (unpaired) electrons. The zero-order valence-corrected chi connectivity index (χ0v) is 13.8. The highest BCUT2D eigenvalue weighted by atomic mass is 16.5. The van der Waals surface area contributed by atoms with E-state index < -0.39 is 0 Å². The number of carbonyl (C=O) groups is 2. The molecule has 126 valence electrons. The molecule has 1 aliphatic rings. The molecule has 1 aliphatic heterocycles. The molecule has 6 heteroatoms. The number of amides is 2. The normalized spacial score (nSPS) is 14.0. The van der Waals surface area contributed by atoms with Crippen molar-refractivity contribution in [3.8, 4) is 5.75 Å². The zero-order valence-electron chi connectivity index (χ0n) is 13.8. The molecule has 1 aromatic carbocycles. The fraction of sp³-hybridized carbons (Fsp3) is 0.529. The van der Waals surface area contributed by atoms with Crippen molar-refractivity contribution in [1.82, 2.24) is 10.2 Å². The average molecular weight is 320 g/mol. The number of unbranched alkanes of at least 4 members (excludes halogenated alkanes) is 1. The standard InChI is InChI=1S/C17H24N2O4/c1-3-4-7-18-17(21)13-5-6-15-14(10-13)11-19(8-9-22-2)16(20)12-23-15/h5-6,10H,3-4,7-9,11-12H2,1-2H3,(H,18,21). The van der Waals surface area contributed by atoms with Gasteiger partial charge in [-0.3, -0.25) is 9.59 Å². The topological polar surface area (TPSA) is 67.9 Å². The highest BCUT2D eigenvalue weighted by molar-refractivity contribution is 5.94.